The largest absolute Gasteiger partial charge is 0.295 e. The van der Waals surface area contributed by atoms with Crippen molar-refractivity contribution in [3.8, 4) is 0 Å². The number of allylic oxidation sites excluding steroid dienone is 1. The number of aromatic nitrogens is 1. The number of hydrogen-bond acceptors (Lipinski definition) is 2. The van der Waals surface area contributed by atoms with Gasteiger partial charge in [-0.15, -0.1) is 0 Å². The number of nitrogens with zero attached hydrogens (tertiary/aromatic N) is 1. The number of benzene rings is 1. The van der Waals surface area contributed by atoms with Crippen LogP contribution in [-0.2, 0) is 0 Å². The van der Waals surface area contributed by atoms with Crippen molar-refractivity contribution in [2.75, 3.05) is 0 Å². The molecule has 0 saturated carbocycles. The van der Waals surface area contributed by atoms with E-state index in [9.17, 15) is 4.79 Å². The van der Waals surface area contributed by atoms with E-state index in [-0.39, 0.29) is 5.78 Å². The summed E-state index contributed by atoms with van der Waals surface area (Å²) in [6, 6.07) is 9.44. The Morgan fingerprint density at radius 2 is 1.94 bits per heavy atom. The van der Waals surface area contributed by atoms with Crippen LogP contribution in [0.1, 0.15) is 29.9 Å². The average Bonchev–Trinajstić information content (AvgIpc) is 2.27. The molecule has 80 valence electrons. The Kier molecular flexibility index (Phi) is 2.57. The standard InChI is InChI=1S/C14H13NO/c1-9(2)13-6-5-12-8-11(10(3)16)4-7-14(12)15-13/h4-8H,1H2,2-3H3. The quantitative estimate of drug-likeness (QED) is 0.712. The molecule has 2 rings (SSSR count). The molecule has 2 heteroatoms. The molecule has 0 atom stereocenters. The third-order valence-corrected chi connectivity index (χ3v) is 2.53. The molecule has 0 unspecified atom stereocenters. The average molecular weight is 211 g/mol. The van der Waals surface area contributed by atoms with Crippen molar-refractivity contribution in [1.29, 1.82) is 0 Å². The zero-order valence-corrected chi connectivity index (χ0v) is 9.45. The zero-order chi connectivity index (χ0) is 11.7. The molecule has 0 radical (unpaired) electrons. The van der Waals surface area contributed by atoms with Gasteiger partial charge >= 0.3 is 0 Å². The SMILES string of the molecule is C=C(C)c1ccc2cc(C(C)=O)ccc2n1. The van der Waals surface area contributed by atoms with Gasteiger partial charge in [0.2, 0.25) is 0 Å². The van der Waals surface area contributed by atoms with Gasteiger partial charge in [-0.05, 0) is 43.7 Å². The van der Waals surface area contributed by atoms with E-state index in [2.05, 4.69) is 11.6 Å². The molecule has 1 aromatic heterocycles. The summed E-state index contributed by atoms with van der Waals surface area (Å²) >= 11 is 0. The highest BCUT2D eigenvalue weighted by Crippen LogP contribution is 2.18. The lowest BCUT2D eigenvalue weighted by atomic mass is 10.1. The van der Waals surface area contributed by atoms with E-state index in [4.69, 9.17) is 0 Å². The molecule has 0 aliphatic rings. The van der Waals surface area contributed by atoms with Crippen LogP contribution in [-0.4, -0.2) is 10.8 Å². The van der Waals surface area contributed by atoms with Crippen LogP contribution in [0.3, 0.4) is 0 Å². The van der Waals surface area contributed by atoms with Gasteiger partial charge in [0, 0.05) is 10.9 Å². The molecule has 1 heterocycles. The van der Waals surface area contributed by atoms with Crippen LogP contribution in [0.4, 0.5) is 0 Å². The molecule has 0 fully saturated rings. The zero-order valence-electron chi connectivity index (χ0n) is 9.45. The Morgan fingerprint density at radius 3 is 2.56 bits per heavy atom. The van der Waals surface area contributed by atoms with Crippen molar-refractivity contribution in [1.82, 2.24) is 4.98 Å². The summed E-state index contributed by atoms with van der Waals surface area (Å²) in [5, 5.41) is 0.984. The van der Waals surface area contributed by atoms with E-state index in [1.165, 1.54) is 0 Å². The summed E-state index contributed by atoms with van der Waals surface area (Å²) in [5.41, 5.74) is 3.45. The number of fused-ring (bicyclic) bond motifs is 1. The third-order valence-electron chi connectivity index (χ3n) is 2.53. The predicted molar refractivity (Wildman–Crippen MR) is 66.5 cm³/mol. The van der Waals surface area contributed by atoms with E-state index in [1.807, 2.05) is 31.2 Å². The Labute approximate surface area is 94.6 Å². The van der Waals surface area contributed by atoms with Crippen molar-refractivity contribution in [2.24, 2.45) is 0 Å². The maximum absolute atomic E-state index is 11.2. The summed E-state index contributed by atoms with van der Waals surface area (Å²) in [7, 11) is 0. The predicted octanol–water partition coefficient (Wildman–Crippen LogP) is 3.47. The summed E-state index contributed by atoms with van der Waals surface area (Å²) in [4.78, 5) is 15.7. The molecule has 0 N–H and O–H groups in total. The van der Waals surface area contributed by atoms with E-state index in [1.54, 1.807) is 13.0 Å². The molecule has 1 aromatic carbocycles. The van der Waals surface area contributed by atoms with Gasteiger partial charge in [-0.2, -0.15) is 0 Å². The summed E-state index contributed by atoms with van der Waals surface area (Å²) in [6.07, 6.45) is 0. The monoisotopic (exact) mass is 211 g/mol. The normalized spacial score (nSPS) is 10.4. The number of Topliss-reactive ketones (excluding diaryl/α,β-unsaturated/α-hetero) is 1. The molecular weight excluding hydrogens is 198 g/mol. The van der Waals surface area contributed by atoms with Gasteiger partial charge in [0.25, 0.3) is 0 Å². The van der Waals surface area contributed by atoms with Gasteiger partial charge in [0.05, 0.1) is 11.2 Å². The lowest BCUT2D eigenvalue weighted by Gasteiger charge is -2.03. The molecule has 2 nitrogen and oxygen atoms in total. The fraction of sp³-hybridized carbons (Fsp3) is 0.143. The van der Waals surface area contributed by atoms with Gasteiger partial charge in [-0.25, -0.2) is 4.98 Å². The van der Waals surface area contributed by atoms with Gasteiger partial charge in [0.15, 0.2) is 5.78 Å². The van der Waals surface area contributed by atoms with Crippen LogP contribution < -0.4 is 0 Å². The molecule has 0 bridgehead atoms. The number of hydrogen-bond donors (Lipinski definition) is 0. The van der Waals surface area contributed by atoms with Crippen LogP contribution in [0.15, 0.2) is 36.9 Å². The Hall–Kier alpha value is -1.96. The molecule has 0 amide bonds. The maximum Gasteiger partial charge on any atom is 0.159 e. The first-order chi connectivity index (χ1) is 7.58. The molecule has 2 aromatic rings. The summed E-state index contributed by atoms with van der Waals surface area (Å²) < 4.78 is 0. The van der Waals surface area contributed by atoms with Crippen molar-refractivity contribution >= 4 is 22.3 Å². The van der Waals surface area contributed by atoms with Gasteiger partial charge in [0.1, 0.15) is 0 Å². The van der Waals surface area contributed by atoms with E-state index in [0.29, 0.717) is 0 Å². The lowest BCUT2D eigenvalue weighted by Crippen LogP contribution is -1.93. The fourth-order valence-electron chi connectivity index (χ4n) is 1.58. The number of pyridine rings is 1. The maximum atomic E-state index is 11.2. The van der Waals surface area contributed by atoms with Crippen molar-refractivity contribution in [3.05, 3.63) is 48.2 Å². The van der Waals surface area contributed by atoms with Crippen molar-refractivity contribution < 1.29 is 4.79 Å². The minimum absolute atomic E-state index is 0.0749. The Morgan fingerprint density at radius 1 is 1.19 bits per heavy atom. The second-order valence-electron chi connectivity index (χ2n) is 3.94. The first-order valence-corrected chi connectivity index (χ1v) is 5.15. The van der Waals surface area contributed by atoms with Crippen LogP contribution in [0.25, 0.3) is 16.5 Å². The molecule has 16 heavy (non-hydrogen) atoms. The lowest BCUT2D eigenvalue weighted by molar-refractivity contribution is 0.101. The smallest absolute Gasteiger partial charge is 0.159 e. The van der Waals surface area contributed by atoms with E-state index < -0.39 is 0 Å². The topological polar surface area (TPSA) is 30.0 Å². The summed E-state index contributed by atoms with van der Waals surface area (Å²) in [5.74, 6) is 0.0749. The molecular formula is C14H13NO. The molecule has 0 saturated heterocycles. The number of ketones is 1. The number of carbonyl (C=O) groups excluding carboxylic acids is 1. The second-order valence-corrected chi connectivity index (χ2v) is 3.94. The van der Waals surface area contributed by atoms with E-state index >= 15 is 0 Å². The highest BCUT2D eigenvalue weighted by molar-refractivity contribution is 5.97. The Bertz CT molecular complexity index is 531. The van der Waals surface area contributed by atoms with Crippen LogP contribution in [0, 0.1) is 0 Å². The fourth-order valence-corrected chi connectivity index (χ4v) is 1.58. The van der Waals surface area contributed by atoms with Gasteiger partial charge in [-0.3, -0.25) is 4.79 Å². The minimum atomic E-state index is 0.0749. The molecule has 0 aliphatic heterocycles. The number of carbonyl (C=O) groups is 1. The molecule has 0 spiro atoms. The highest BCUT2D eigenvalue weighted by Gasteiger charge is 2.03. The van der Waals surface area contributed by atoms with Crippen LogP contribution in [0.5, 0.6) is 0 Å². The first-order valence-electron chi connectivity index (χ1n) is 5.15. The number of rotatable bonds is 2. The minimum Gasteiger partial charge on any atom is -0.295 e. The third kappa shape index (κ3) is 1.87. The van der Waals surface area contributed by atoms with Crippen LogP contribution >= 0.6 is 0 Å². The second kappa shape index (κ2) is 3.89. The van der Waals surface area contributed by atoms with Crippen molar-refractivity contribution in [3.63, 3.8) is 0 Å². The molecule has 0 aliphatic carbocycles. The highest BCUT2D eigenvalue weighted by atomic mass is 16.1. The van der Waals surface area contributed by atoms with Crippen LogP contribution in [0.2, 0.25) is 0 Å². The first kappa shape index (κ1) is 10.6. The van der Waals surface area contributed by atoms with Gasteiger partial charge < -0.3 is 0 Å². The summed E-state index contributed by atoms with van der Waals surface area (Å²) in [6.45, 7) is 7.36. The van der Waals surface area contributed by atoms with E-state index in [0.717, 1.165) is 27.7 Å². The van der Waals surface area contributed by atoms with Crippen molar-refractivity contribution in [2.45, 2.75) is 13.8 Å². The van der Waals surface area contributed by atoms with Gasteiger partial charge in [-0.1, -0.05) is 12.6 Å². The Balaban J connectivity index is 2.61.